The SMILES string of the molecule is CN1CCN(c2ccc(NS(C)(=O)=O)nc2)CC1. The number of rotatable bonds is 3. The zero-order chi connectivity index (χ0) is 13.2. The molecule has 2 heterocycles. The minimum atomic E-state index is -3.25. The fraction of sp³-hybridized carbons (Fsp3) is 0.545. The molecule has 6 nitrogen and oxygen atoms in total. The number of hydrogen-bond donors (Lipinski definition) is 1. The van der Waals surface area contributed by atoms with Gasteiger partial charge in [0, 0.05) is 26.2 Å². The van der Waals surface area contributed by atoms with E-state index in [9.17, 15) is 8.42 Å². The molecule has 0 saturated carbocycles. The quantitative estimate of drug-likeness (QED) is 0.850. The summed E-state index contributed by atoms with van der Waals surface area (Å²) in [5.41, 5.74) is 1.03. The predicted octanol–water partition coefficient (Wildman–Crippen LogP) is 0.205. The first-order valence-electron chi connectivity index (χ1n) is 5.81. The Kier molecular flexibility index (Phi) is 3.72. The van der Waals surface area contributed by atoms with Gasteiger partial charge >= 0.3 is 0 Å². The molecule has 0 aliphatic carbocycles. The van der Waals surface area contributed by atoms with E-state index in [4.69, 9.17) is 0 Å². The summed E-state index contributed by atoms with van der Waals surface area (Å²) >= 11 is 0. The Morgan fingerprint density at radius 1 is 1.22 bits per heavy atom. The van der Waals surface area contributed by atoms with Gasteiger partial charge in [-0.2, -0.15) is 0 Å². The summed E-state index contributed by atoms with van der Waals surface area (Å²) < 4.78 is 24.5. The molecule has 7 heteroatoms. The molecule has 100 valence electrons. The molecule has 1 fully saturated rings. The van der Waals surface area contributed by atoms with Crippen LogP contribution in [0.25, 0.3) is 0 Å². The van der Waals surface area contributed by atoms with Gasteiger partial charge in [-0.25, -0.2) is 13.4 Å². The first kappa shape index (κ1) is 13.1. The number of sulfonamides is 1. The summed E-state index contributed by atoms with van der Waals surface area (Å²) in [6.07, 6.45) is 2.82. The van der Waals surface area contributed by atoms with Crippen molar-refractivity contribution in [3.8, 4) is 0 Å². The normalized spacial score (nSPS) is 17.8. The van der Waals surface area contributed by atoms with Crippen molar-refractivity contribution >= 4 is 21.5 Å². The van der Waals surface area contributed by atoms with Gasteiger partial charge in [0.15, 0.2) is 0 Å². The van der Waals surface area contributed by atoms with Crippen LogP contribution in [0.4, 0.5) is 11.5 Å². The predicted molar refractivity (Wildman–Crippen MR) is 72.4 cm³/mol. The number of piperazine rings is 1. The summed E-state index contributed by atoms with van der Waals surface area (Å²) in [5.74, 6) is 0.357. The molecule has 0 unspecified atom stereocenters. The Labute approximate surface area is 108 Å². The molecule has 1 aromatic rings. The van der Waals surface area contributed by atoms with Crippen LogP contribution in [0.2, 0.25) is 0 Å². The Balaban J connectivity index is 2.03. The van der Waals surface area contributed by atoms with Gasteiger partial charge < -0.3 is 9.80 Å². The van der Waals surface area contributed by atoms with E-state index in [2.05, 4.69) is 26.6 Å². The average Bonchev–Trinajstić information content (AvgIpc) is 2.29. The van der Waals surface area contributed by atoms with Crippen LogP contribution < -0.4 is 9.62 Å². The van der Waals surface area contributed by atoms with Crippen molar-refractivity contribution in [2.24, 2.45) is 0 Å². The lowest BCUT2D eigenvalue weighted by Gasteiger charge is -2.33. The van der Waals surface area contributed by atoms with Gasteiger partial charge in [-0.3, -0.25) is 4.72 Å². The monoisotopic (exact) mass is 270 g/mol. The highest BCUT2D eigenvalue weighted by Gasteiger charge is 2.14. The third-order valence-corrected chi connectivity index (χ3v) is 3.49. The smallest absolute Gasteiger partial charge is 0.230 e. The van der Waals surface area contributed by atoms with E-state index in [1.165, 1.54) is 0 Å². The molecular formula is C11H18N4O2S. The second kappa shape index (κ2) is 5.11. The molecule has 1 aliphatic rings. The highest BCUT2D eigenvalue weighted by molar-refractivity contribution is 7.92. The molecule has 1 saturated heterocycles. The van der Waals surface area contributed by atoms with Gasteiger partial charge in [0.25, 0.3) is 0 Å². The molecule has 0 radical (unpaired) electrons. The maximum atomic E-state index is 11.1. The lowest BCUT2D eigenvalue weighted by Crippen LogP contribution is -2.44. The lowest BCUT2D eigenvalue weighted by atomic mass is 10.3. The van der Waals surface area contributed by atoms with Crippen molar-refractivity contribution in [1.82, 2.24) is 9.88 Å². The number of aromatic nitrogens is 1. The molecule has 0 spiro atoms. The summed E-state index contributed by atoms with van der Waals surface area (Å²) in [6, 6.07) is 3.58. The minimum Gasteiger partial charge on any atom is -0.368 e. The Bertz CT molecular complexity index is 492. The van der Waals surface area contributed by atoms with Crippen LogP contribution in [0.15, 0.2) is 18.3 Å². The van der Waals surface area contributed by atoms with E-state index in [1.54, 1.807) is 12.3 Å². The van der Waals surface area contributed by atoms with Crippen LogP contribution in [0.5, 0.6) is 0 Å². The van der Waals surface area contributed by atoms with Crippen molar-refractivity contribution in [3.63, 3.8) is 0 Å². The van der Waals surface area contributed by atoms with E-state index in [-0.39, 0.29) is 0 Å². The maximum Gasteiger partial charge on any atom is 0.230 e. The van der Waals surface area contributed by atoms with Crippen LogP contribution in [0.3, 0.4) is 0 Å². The topological polar surface area (TPSA) is 65.5 Å². The summed E-state index contributed by atoms with van der Waals surface area (Å²) in [4.78, 5) is 8.64. The number of nitrogens with zero attached hydrogens (tertiary/aromatic N) is 3. The van der Waals surface area contributed by atoms with E-state index in [0.29, 0.717) is 5.82 Å². The van der Waals surface area contributed by atoms with E-state index >= 15 is 0 Å². The molecule has 0 aromatic carbocycles. The van der Waals surface area contributed by atoms with Crippen molar-refractivity contribution in [2.45, 2.75) is 0 Å². The van der Waals surface area contributed by atoms with E-state index in [1.807, 2.05) is 6.07 Å². The van der Waals surface area contributed by atoms with Crippen molar-refractivity contribution in [1.29, 1.82) is 0 Å². The lowest BCUT2D eigenvalue weighted by molar-refractivity contribution is 0.313. The molecule has 2 rings (SSSR count). The number of nitrogens with one attached hydrogen (secondary N) is 1. The average molecular weight is 270 g/mol. The van der Waals surface area contributed by atoms with Crippen molar-refractivity contribution in [3.05, 3.63) is 18.3 Å². The Hall–Kier alpha value is -1.34. The minimum absolute atomic E-state index is 0.357. The number of likely N-dealkylation sites (N-methyl/N-ethyl adjacent to an activating group) is 1. The standard InChI is InChI=1S/C11H18N4O2S/c1-14-5-7-15(8-6-14)10-3-4-11(12-9-10)13-18(2,16)17/h3-4,9H,5-8H2,1-2H3,(H,12,13). The molecule has 1 aromatic heterocycles. The molecule has 0 amide bonds. The van der Waals surface area contributed by atoms with Gasteiger partial charge in [0.2, 0.25) is 10.0 Å². The Morgan fingerprint density at radius 3 is 2.39 bits per heavy atom. The summed E-state index contributed by atoms with van der Waals surface area (Å²) in [5, 5.41) is 0. The van der Waals surface area contributed by atoms with Crippen LogP contribution in [0, 0.1) is 0 Å². The van der Waals surface area contributed by atoms with Crippen LogP contribution in [-0.2, 0) is 10.0 Å². The largest absolute Gasteiger partial charge is 0.368 e. The third kappa shape index (κ3) is 3.58. The number of anilines is 2. The molecule has 0 atom stereocenters. The van der Waals surface area contributed by atoms with Gasteiger partial charge in [-0.15, -0.1) is 0 Å². The molecule has 1 N–H and O–H groups in total. The fourth-order valence-corrected chi connectivity index (χ4v) is 2.39. The van der Waals surface area contributed by atoms with Crippen molar-refractivity contribution in [2.75, 3.05) is 49.1 Å². The molecule has 0 bridgehead atoms. The summed E-state index contributed by atoms with van der Waals surface area (Å²) in [6.45, 7) is 4.00. The van der Waals surface area contributed by atoms with Gasteiger partial charge in [0.1, 0.15) is 5.82 Å². The first-order valence-corrected chi connectivity index (χ1v) is 7.70. The van der Waals surface area contributed by atoms with Gasteiger partial charge in [-0.1, -0.05) is 0 Å². The molecule has 18 heavy (non-hydrogen) atoms. The highest BCUT2D eigenvalue weighted by Crippen LogP contribution is 2.17. The van der Waals surface area contributed by atoms with Crippen molar-refractivity contribution < 1.29 is 8.42 Å². The van der Waals surface area contributed by atoms with Crippen LogP contribution >= 0.6 is 0 Å². The second-order valence-electron chi connectivity index (χ2n) is 4.57. The zero-order valence-corrected chi connectivity index (χ0v) is 11.4. The Morgan fingerprint density at radius 2 is 1.89 bits per heavy atom. The first-order chi connectivity index (χ1) is 8.44. The van der Waals surface area contributed by atoms with Crippen LogP contribution in [-0.4, -0.2) is 57.8 Å². The van der Waals surface area contributed by atoms with E-state index < -0.39 is 10.0 Å². The third-order valence-electron chi connectivity index (χ3n) is 2.91. The highest BCUT2D eigenvalue weighted by atomic mass is 32.2. The van der Waals surface area contributed by atoms with Gasteiger partial charge in [0.05, 0.1) is 18.1 Å². The summed E-state index contributed by atoms with van der Waals surface area (Å²) in [7, 11) is -1.15. The van der Waals surface area contributed by atoms with E-state index in [0.717, 1.165) is 38.1 Å². The second-order valence-corrected chi connectivity index (χ2v) is 6.31. The molecule has 1 aliphatic heterocycles. The zero-order valence-electron chi connectivity index (χ0n) is 10.6. The maximum absolute atomic E-state index is 11.1. The van der Waals surface area contributed by atoms with Crippen LogP contribution in [0.1, 0.15) is 0 Å². The van der Waals surface area contributed by atoms with Gasteiger partial charge in [-0.05, 0) is 19.2 Å². The number of hydrogen-bond acceptors (Lipinski definition) is 5. The number of pyridine rings is 1. The molecular weight excluding hydrogens is 252 g/mol. The fourth-order valence-electron chi connectivity index (χ4n) is 1.89.